The Labute approximate surface area is 189 Å². The van der Waals surface area contributed by atoms with Crippen LogP contribution >= 0.6 is 12.4 Å². The van der Waals surface area contributed by atoms with E-state index in [2.05, 4.69) is 28.1 Å². The molecule has 2 aliphatic rings. The average molecular weight is 444 g/mol. The highest BCUT2D eigenvalue weighted by Crippen LogP contribution is 2.38. The van der Waals surface area contributed by atoms with Crippen molar-refractivity contribution >= 4 is 39.8 Å². The van der Waals surface area contributed by atoms with Gasteiger partial charge in [0.05, 0.1) is 43.7 Å². The molecular formula is C24H30ClN3O3. The van der Waals surface area contributed by atoms with Crippen molar-refractivity contribution in [3.05, 3.63) is 36.2 Å². The number of H-pyrrole nitrogens is 1. The van der Waals surface area contributed by atoms with E-state index in [-0.39, 0.29) is 12.4 Å². The number of fused-ring (bicyclic) bond motifs is 3. The second-order valence-corrected chi connectivity index (χ2v) is 8.06. The van der Waals surface area contributed by atoms with Gasteiger partial charge in [0.15, 0.2) is 11.5 Å². The maximum absolute atomic E-state index is 6.12. The molecule has 6 nitrogen and oxygen atoms in total. The molecule has 1 fully saturated rings. The van der Waals surface area contributed by atoms with Gasteiger partial charge in [0.25, 0.3) is 0 Å². The number of rotatable bonds is 7. The molecule has 1 N–H and O–H groups in total. The van der Waals surface area contributed by atoms with E-state index in [1.165, 1.54) is 31.5 Å². The third-order valence-electron chi connectivity index (χ3n) is 6.14. The summed E-state index contributed by atoms with van der Waals surface area (Å²) >= 11 is 0. The molecule has 7 heteroatoms. The number of nitrogens with zero attached hydrogens (tertiary/aromatic N) is 2. The molecule has 0 bridgehead atoms. The van der Waals surface area contributed by atoms with Crippen molar-refractivity contribution in [1.82, 2.24) is 14.9 Å². The van der Waals surface area contributed by atoms with E-state index in [0.29, 0.717) is 13.2 Å². The monoisotopic (exact) mass is 443 g/mol. The number of benzene rings is 1. The zero-order valence-electron chi connectivity index (χ0n) is 18.0. The third kappa shape index (κ3) is 4.52. The second kappa shape index (κ2) is 9.90. The van der Waals surface area contributed by atoms with Crippen LogP contribution in [0.15, 0.2) is 30.5 Å². The minimum absolute atomic E-state index is 0. The minimum Gasteiger partial charge on any atom is -0.493 e. The van der Waals surface area contributed by atoms with Gasteiger partial charge in [-0.1, -0.05) is 6.08 Å². The Morgan fingerprint density at radius 2 is 2.03 bits per heavy atom. The summed E-state index contributed by atoms with van der Waals surface area (Å²) in [6, 6.07) is 6.17. The van der Waals surface area contributed by atoms with Crippen molar-refractivity contribution in [2.45, 2.75) is 25.7 Å². The van der Waals surface area contributed by atoms with E-state index in [0.717, 1.165) is 65.0 Å². The Balaban J connectivity index is 0.00000231. The summed E-state index contributed by atoms with van der Waals surface area (Å²) in [6.07, 6.45) is 8.57. The van der Waals surface area contributed by atoms with Crippen LogP contribution in [0, 0.1) is 0 Å². The molecule has 1 aromatic carbocycles. The van der Waals surface area contributed by atoms with Crippen LogP contribution in [0.3, 0.4) is 0 Å². The smallest absolute Gasteiger partial charge is 0.163 e. The van der Waals surface area contributed by atoms with E-state index >= 15 is 0 Å². The Hall–Kier alpha value is -2.28. The van der Waals surface area contributed by atoms with Gasteiger partial charge in [-0.2, -0.15) is 0 Å². The molecule has 0 radical (unpaired) electrons. The summed E-state index contributed by atoms with van der Waals surface area (Å²) in [7, 11) is 1.70. The predicted octanol–water partition coefficient (Wildman–Crippen LogP) is 4.81. The first kappa shape index (κ1) is 21.9. The van der Waals surface area contributed by atoms with E-state index in [1.54, 1.807) is 7.11 Å². The number of hydrogen-bond acceptors (Lipinski definition) is 5. The Kier molecular flexibility index (Phi) is 7.00. The normalized spacial score (nSPS) is 17.0. The Bertz CT molecular complexity index is 1070. The number of aromatic nitrogens is 2. The van der Waals surface area contributed by atoms with Gasteiger partial charge in [-0.15, -0.1) is 12.4 Å². The first-order valence-corrected chi connectivity index (χ1v) is 10.9. The number of ether oxygens (including phenoxy) is 3. The molecular weight excluding hydrogens is 414 g/mol. The Morgan fingerprint density at radius 1 is 1.16 bits per heavy atom. The molecule has 3 aromatic rings. The standard InChI is InChI=1S/C24H29N3O3.ClH/c1-28-21-15-18-20(16-22(21)30-12-4-11-27-9-2-3-10-27)26-19-5-8-25-24(23(18)19)17-6-13-29-14-7-17;/h5-6,8,15-16,26H,2-4,7,9-14H2,1H3;1H. The largest absolute Gasteiger partial charge is 0.493 e. The second-order valence-electron chi connectivity index (χ2n) is 8.06. The molecule has 2 aliphatic heterocycles. The molecule has 2 aromatic heterocycles. The molecule has 31 heavy (non-hydrogen) atoms. The molecule has 0 spiro atoms. The summed E-state index contributed by atoms with van der Waals surface area (Å²) in [6.45, 7) is 5.63. The number of methoxy groups -OCH3 is 1. The van der Waals surface area contributed by atoms with Crippen LogP contribution < -0.4 is 9.47 Å². The van der Waals surface area contributed by atoms with Gasteiger partial charge in [0.1, 0.15) is 0 Å². The lowest BCUT2D eigenvalue weighted by Gasteiger charge is -2.16. The van der Waals surface area contributed by atoms with Crippen LogP contribution in [0.1, 0.15) is 31.4 Å². The van der Waals surface area contributed by atoms with Gasteiger partial charge in [-0.3, -0.25) is 4.98 Å². The van der Waals surface area contributed by atoms with Gasteiger partial charge in [-0.25, -0.2) is 0 Å². The summed E-state index contributed by atoms with van der Waals surface area (Å²) in [5.74, 6) is 1.55. The highest BCUT2D eigenvalue weighted by molar-refractivity contribution is 6.12. The number of nitrogens with one attached hydrogen (secondary N) is 1. The number of hydrogen-bond donors (Lipinski definition) is 1. The number of halogens is 1. The average Bonchev–Trinajstić information content (AvgIpc) is 3.43. The first-order valence-electron chi connectivity index (χ1n) is 10.9. The molecule has 1 saturated heterocycles. The maximum Gasteiger partial charge on any atom is 0.163 e. The van der Waals surface area contributed by atoms with Crippen molar-refractivity contribution in [2.75, 3.05) is 46.6 Å². The SMILES string of the molecule is COc1cc2c(cc1OCCCN1CCCC1)[nH]c1ccnc(C3=CCOCC3)c12.Cl. The topological polar surface area (TPSA) is 59.6 Å². The van der Waals surface area contributed by atoms with E-state index in [4.69, 9.17) is 19.2 Å². The summed E-state index contributed by atoms with van der Waals surface area (Å²) < 4.78 is 17.3. The molecule has 0 unspecified atom stereocenters. The van der Waals surface area contributed by atoms with Crippen LogP contribution in [-0.4, -0.2) is 61.4 Å². The molecule has 0 aliphatic carbocycles. The van der Waals surface area contributed by atoms with Gasteiger partial charge in [0, 0.05) is 29.6 Å². The summed E-state index contributed by atoms with van der Waals surface area (Å²) in [5, 5.41) is 2.25. The van der Waals surface area contributed by atoms with Crippen LogP contribution in [0.4, 0.5) is 0 Å². The highest BCUT2D eigenvalue weighted by Gasteiger charge is 2.18. The van der Waals surface area contributed by atoms with Crippen LogP contribution in [-0.2, 0) is 4.74 Å². The van der Waals surface area contributed by atoms with E-state index in [1.807, 2.05) is 12.3 Å². The molecule has 0 atom stereocenters. The van der Waals surface area contributed by atoms with Gasteiger partial charge < -0.3 is 24.1 Å². The number of pyridine rings is 1. The van der Waals surface area contributed by atoms with E-state index in [9.17, 15) is 0 Å². The van der Waals surface area contributed by atoms with Gasteiger partial charge in [0.2, 0.25) is 0 Å². The summed E-state index contributed by atoms with van der Waals surface area (Å²) in [4.78, 5) is 10.8. The van der Waals surface area contributed by atoms with Crippen molar-refractivity contribution in [3.8, 4) is 11.5 Å². The first-order chi connectivity index (χ1) is 14.8. The molecule has 166 valence electrons. The summed E-state index contributed by atoms with van der Waals surface area (Å²) in [5.41, 5.74) is 4.40. The predicted molar refractivity (Wildman–Crippen MR) is 127 cm³/mol. The lowest BCUT2D eigenvalue weighted by atomic mass is 10.0. The van der Waals surface area contributed by atoms with Crippen molar-refractivity contribution < 1.29 is 14.2 Å². The molecule has 5 rings (SSSR count). The van der Waals surface area contributed by atoms with Crippen molar-refractivity contribution in [3.63, 3.8) is 0 Å². The van der Waals surface area contributed by atoms with Crippen molar-refractivity contribution in [1.29, 1.82) is 0 Å². The quantitative estimate of drug-likeness (QED) is 0.531. The van der Waals surface area contributed by atoms with Crippen molar-refractivity contribution in [2.24, 2.45) is 0 Å². The van der Waals surface area contributed by atoms with Crippen LogP contribution in [0.25, 0.3) is 27.4 Å². The van der Waals surface area contributed by atoms with Gasteiger partial charge >= 0.3 is 0 Å². The highest BCUT2D eigenvalue weighted by atomic mass is 35.5. The minimum atomic E-state index is 0. The van der Waals surface area contributed by atoms with Crippen LogP contribution in [0.2, 0.25) is 0 Å². The fourth-order valence-electron chi connectivity index (χ4n) is 4.59. The molecule has 4 heterocycles. The van der Waals surface area contributed by atoms with Crippen LogP contribution in [0.5, 0.6) is 11.5 Å². The lowest BCUT2D eigenvalue weighted by molar-refractivity contribution is 0.161. The molecule has 0 saturated carbocycles. The van der Waals surface area contributed by atoms with Gasteiger partial charge in [-0.05, 0) is 56.5 Å². The lowest BCUT2D eigenvalue weighted by Crippen LogP contribution is -2.21. The Morgan fingerprint density at radius 3 is 2.81 bits per heavy atom. The van der Waals surface area contributed by atoms with E-state index < -0.39 is 0 Å². The number of aromatic amines is 1. The fraction of sp³-hybridized carbons (Fsp3) is 0.458. The molecule has 0 amide bonds. The number of likely N-dealkylation sites (tertiary alicyclic amines) is 1. The zero-order chi connectivity index (χ0) is 20.3. The zero-order valence-corrected chi connectivity index (χ0v) is 18.8. The maximum atomic E-state index is 6.12. The fourth-order valence-corrected chi connectivity index (χ4v) is 4.59. The third-order valence-corrected chi connectivity index (χ3v) is 6.14.